The van der Waals surface area contributed by atoms with Gasteiger partial charge in [-0.3, -0.25) is 4.90 Å². The van der Waals surface area contributed by atoms with Gasteiger partial charge in [0.25, 0.3) is 0 Å². The number of nitrogens with one attached hydrogen (secondary N) is 1. The fraction of sp³-hybridized carbons (Fsp3) is 0.222. The smallest absolute Gasteiger partial charge is 0.0620 e. The Labute approximate surface area is 130 Å². The van der Waals surface area contributed by atoms with Crippen molar-refractivity contribution >= 4 is 22.5 Å². The number of H-pyrrole nitrogens is 1. The van der Waals surface area contributed by atoms with Crippen LogP contribution in [0.2, 0.25) is 5.02 Å². The third-order valence-corrected chi connectivity index (χ3v) is 4.20. The molecule has 0 aliphatic carbocycles. The lowest BCUT2D eigenvalue weighted by Gasteiger charge is -2.26. The molecule has 1 atom stereocenters. The molecular weight excluding hydrogens is 280 g/mol. The molecule has 0 saturated carbocycles. The summed E-state index contributed by atoms with van der Waals surface area (Å²) >= 11 is 6.18. The molecule has 0 spiro atoms. The Balaban J connectivity index is 2.21. The van der Waals surface area contributed by atoms with Crippen LogP contribution in [0.5, 0.6) is 0 Å². The van der Waals surface area contributed by atoms with Gasteiger partial charge in [-0.15, -0.1) is 0 Å². The molecule has 0 aliphatic heterocycles. The first-order valence-electron chi connectivity index (χ1n) is 7.06. The largest absolute Gasteiger partial charge is 0.361 e. The highest BCUT2D eigenvalue weighted by atomic mass is 35.5. The van der Waals surface area contributed by atoms with E-state index < -0.39 is 0 Å². The van der Waals surface area contributed by atoms with Crippen LogP contribution in [0, 0.1) is 6.92 Å². The number of aromatic nitrogens is 1. The summed E-state index contributed by atoms with van der Waals surface area (Å²) in [6, 6.07) is 14.7. The molecule has 108 valence electrons. The molecule has 0 radical (unpaired) electrons. The van der Waals surface area contributed by atoms with E-state index in [1.807, 2.05) is 18.2 Å². The highest BCUT2D eigenvalue weighted by Gasteiger charge is 2.21. The molecule has 3 aromatic rings. The summed E-state index contributed by atoms with van der Waals surface area (Å²) in [7, 11) is 4.22. The van der Waals surface area contributed by atoms with Gasteiger partial charge in [0.05, 0.1) is 6.04 Å². The maximum absolute atomic E-state index is 6.18. The first-order chi connectivity index (χ1) is 10.1. The summed E-state index contributed by atoms with van der Waals surface area (Å²) in [6.45, 7) is 2.16. The van der Waals surface area contributed by atoms with Crippen LogP contribution in [0.15, 0.2) is 48.7 Å². The summed E-state index contributed by atoms with van der Waals surface area (Å²) in [5, 5.41) is 1.95. The molecule has 2 aromatic carbocycles. The molecule has 0 fully saturated rings. The number of fused-ring (bicyclic) bond motifs is 1. The zero-order valence-corrected chi connectivity index (χ0v) is 13.3. The minimum atomic E-state index is 0.207. The zero-order valence-electron chi connectivity index (χ0n) is 12.5. The van der Waals surface area contributed by atoms with Gasteiger partial charge in [0.2, 0.25) is 0 Å². The predicted octanol–water partition coefficient (Wildman–Crippen LogP) is 4.78. The standard InChI is InChI=1S/C18H19ClN2/c1-12-6-4-5-7-14(12)18(21(2)3)16-11-20-17-9-8-13(19)10-15(16)17/h4-11,18,20H,1-3H3. The SMILES string of the molecule is Cc1ccccc1C(c1c[nH]c2ccc(Cl)cc12)N(C)C. The minimum absolute atomic E-state index is 0.207. The quantitative estimate of drug-likeness (QED) is 0.737. The predicted molar refractivity (Wildman–Crippen MR) is 90.0 cm³/mol. The Morgan fingerprint density at radius 3 is 2.52 bits per heavy atom. The molecule has 0 saturated heterocycles. The molecule has 0 aliphatic rings. The molecule has 3 heteroatoms. The number of hydrogen-bond acceptors (Lipinski definition) is 1. The van der Waals surface area contributed by atoms with E-state index in [0.717, 1.165) is 10.5 Å². The topological polar surface area (TPSA) is 19.0 Å². The summed E-state index contributed by atoms with van der Waals surface area (Å²) in [4.78, 5) is 5.60. The van der Waals surface area contributed by atoms with Gasteiger partial charge in [-0.05, 0) is 55.9 Å². The molecule has 0 amide bonds. The van der Waals surface area contributed by atoms with Crippen molar-refractivity contribution in [3.05, 3.63) is 70.4 Å². The lowest BCUT2D eigenvalue weighted by atomic mass is 9.94. The molecule has 1 N–H and O–H groups in total. The van der Waals surface area contributed by atoms with E-state index >= 15 is 0 Å². The second-order valence-corrected chi connectivity index (χ2v) is 6.09. The van der Waals surface area contributed by atoms with E-state index in [1.54, 1.807) is 0 Å². The second kappa shape index (κ2) is 5.55. The number of nitrogens with zero attached hydrogens (tertiary/aromatic N) is 1. The van der Waals surface area contributed by atoms with Crippen LogP contribution in [0.4, 0.5) is 0 Å². The minimum Gasteiger partial charge on any atom is -0.361 e. The van der Waals surface area contributed by atoms with E-state index in [4.69, 9.17) is 11.6 Å². The molecule has 1 heterocycles. The van der Waals surface area contributed by atoms with Crippen LogP contribution < -0.4 is 0 Å². The Hall–Kier alpha value is -1.77. The molecule has 0 bridgehead atoms. The first-order valence-corrected chi connectivity index (χ1v) is 7.44. The highest BCUT2D eigenvalue weighted by molar-refractivity contribution is 6.31. The van der Waals surface area contributed by atoms with Crippen molar-refractivity contribution in [3.8, 4) is 0 Å². The van der Waals surface area contributed by atoms with Crippen LogP contribution in [0.3, 0.4) is 0 Å². The Morgan fingerprint density at radius 2 is 1.81 bits per heavy atom. The van der Waals surface area contributed by atoms with Crippen LogP contribution in [-0.2, 0) is 0 Å². The van der Waals surface area contributed by atoms with Crippen molar-refractivity contribution in [3.63, 3.8) is 0 Å². The number of halogens is 1. The summed E-state index contributed by atoms with van der Waals surface area (Å²) in [5.74, 6) is 0. The van der Waals surface area contributed by atoms with Gasteiger partial charge in [0, 0.05) is 22.1 Å². The molecule has 21 heavy (non-hydrogen) atoms. The van der Waals surface area contributed by atoms with Gasteiger partial charge < -0.3 is 4.98 Å². The monoisotopic (exact) mass is 298 g/mol. The second-order valence-electron chi connectivity index (χ2n) is 5.66. The maximum Gasteiger partial charge on any atom is 0.0620 e. The number of aromatic amines is 1. The van der Waals surface area contributed by atoms with Crippen molar-refractivity contribution < 1.29 is 0 Å². The van der Waals surface area contributed by atoms with E-state index in [-0.39, 0.29) is 6.04 Å². The number of benzene rings is 2. The van der Waals surface area contributed by atoms with Crippen molar-refractivity contribution in [1.29, 1.82) is 0 Å². The van der Waals surface area contributed by atoms with Gasteiger partial charge in [0.15, 0.2) is 0 Å². The van der Waals surface area contributed by atoms with Crippen molar-refractivity contribution in [2.24, 2.45) is 0 Å². The van der Waals surface area contributed by atoms with Gasteiger partial charge in [0.1, 0.15) is 0 Å². The van der Waals surface area contributed by atoms with Crippen molar-refractivity contribution in [1.82, 2.24) is 9.88 Å². The summed E-state index contributed by atoms with van der Waals surface area (Å²) in [5.41, 5.74) is 5.00. The highest BCUT2D eigenvalue weighted by Crippen LogP contribution is 2.34. The van der Waals surface area contributed by atoms with Gasteiger partial charge in [-0.1, -0.05) is 35.9 Å². The lowest BCUT2D eigenvalue weighted by molar-refractivity contribution is 0.343. The van der Waals surface area contributed by atoms with E-state index in [0.29, 0.717) is 0 Å². The number of hydrogen-bond donors (Lipinski definition) is 1. The summed E-state index contributed by atoms with van der Waals surface area (Å²) in [6.07, 6.45) is 2.10. The third-order valence-electron chi connectivity index (χ3n) is 3.97. The lowest BCUT2D eigenvalue weighted by Crippen LogP contribution is -2.21. The fourth-order valence-electron chi connectivity index (χ4n) is 2.96. The average molecular weight is 299 g/mol. The molecule has 2 nitrogen and oxygen atoms in total. The first kappa shape index (κ1) is 14.2. The summed E-state index contributed by atoms with van der Waals surface area (Å²) < 4.78 is 0. The number of rotatable bonds is 3. The molecule has 1 aromatic heterocycles. The van der Waals surface area contributed by atoms with Crippen LogP contribution in [-0.4, -0.2) is 24.0 Å². The van der Waals surface area contributed by atoms with Crippen LogP contribution >= 0.6 is 11.6 Å². The van der Waals surface area contributed by atoms with Gasteiger partial charge >= 0.3 is 0 Å². The maximum atomic E-state index is 6.18. The normalized spacial score (nSPS) is 13.0. The van der Waals surface area contributed by atoms with Gasteiger partial charge in [-0.25, -0.2) is 0 Å². The van der Waals surface area contributed by atoms with E-state index in [9.17, 15) is 0 Å². The van der Waals surface area contributed by atoms with E-state index in [2.05, 4.69) is 61.4 Å². The molecule has 1 unspecified atom stereocenters. The van der Waals surface area contributed by atoms with Gasteiger partial charge in [-0.2, -0.15) is 0 Å². The Morgan fingerprint density at radius 1 is 1.05 bits per heavy atom. The Bertz CT molecular complexity index is 774. The van der Waals surface area contributed by atoms with Crippen molar-refractivity contribution in [2.75, 3.05) is 14.1 Å². The van der Waals surface area contributed by atoms with Crippen LogP contribution in [0.1, 0.15) is 22.7 Å². The Kier molecular flexibility index (Phi) is 3.75. The molecule has 3 rings (SSSR count). The van der Waals surface area contributed by atoms with E-state index in [1.165, 1.54) is 22.1 Å². The zero-order chi connectivity index (χ0) is 15.0. The number of aryl methyl sites for hydroxylation is 1. The molecular formula is C18H19ClN2. The average Bonchev–Trinajstić information content (AvgIpc) is 2.84. The fourth-order valence-corrected chi connectivity index (χ4v) is 3.13. The van der Waals surface area contributed by atoms with Crippen LogP contribution in [0.25, 0.3) is 10.9 Å². The van der Waals surface area contributed by atoms with Crippen molar-refractivity contribution in [2.45, 2.75) is 13.0 Å². The third kappa shape index (κ3) is 2.57.